The van der Waals surface area contributed by atoms with Gasteiger partial charge in [0.2, 0.25) is 0 Å². The van der Waals surface area contributed by atoms with E-state index in [1.54, 1.807) is 18.2 Å². The average Bonchev–Trinajstić information content (AvgIpc) is 2.62. The van der Waals surface area contributed by atoms with Crippen LogP contribution >= 0.6 is 0 Å². The van der Waals surface area contributed by atoms with E-state index in [0.29, 0.717) is 49.4 Å². The van der Waals surface area contributed by atoms with Crippen molar-refractivity contribution in [1.29, 1.82) is 0 Å². The number of para-hydroxylation sites is 2. The quantitative estimate of drug-likeness (QED) is 0.307. The number of benzene rings is 2. The second-order valence-corrected chi connectivity index (χ2v) is 4.96. The maximum absolute atomic E-state index is 8.62. The van der Waals surface area contributed by atoms with Gasteiger partial charge in [0.1, 0.15) is 13.2 Å². The molecule has 134 valence electrons. The smallest absolute Gasteiger partial charge is 0.161 e. The number of oxime groups is 1. The van der Waals surface area contributed by atoms with Crippen LogP contribution in [-0.4, -0.2) is 37.8 Å². The lowest BCUT2D eigenvalue weighted by atomic mass is 10.2. The minimum atomic E-state index is 0.355. The van der Waals surface area contributed by atoms with Crippen molar-refractivity contribution < 1.29 is 24.2 Å². The van der Waals surface area contributed by atoms with Crippen LogP contribution in [0, 0.1) is 0 Å². The molecule has 1 N–H and O–H groups in total. The first kappa shape index (κ1) is 18.4. The molecule has 2 aromatic rings. The Morgan fingerprint density at radius 2 is 1.36 bits per heavy atom. The summed E-state index contributed by atoms with van der Waals surface area (Å²) in [5.74, 6) is 2.60. The van der Waals surface area contributed by atoms with Crippen LogP contribution in [0.4, 0.5) is 0 Å². The van der Waals surface area contributed by atoms with E-state index < -0.39 is 0 Å². The molecule has 0 saturated heterocycles. The highest BCUT2D eigenvalue weighted by atomic mass is 16.6. The van der Waals surface area contributed by atoms with Gasteiger partial charge in [-0.15, -0.1) is 0 Å². The molecule has 0 atom stereocenters. The summed E-state index contributed by atoms with van der Waals surface area (Å²) >= 11 is 0. The van der Waals surface area contributed by atoms with E-state index in [1.165, 1.54) is 6.21 Å². The Labute approximate surface area is 147 Å². The van der Waals surface area contributed by atoms with Crippen LogP contribution in [0.1, 0.15) is 19.4 Å². The van der Waals surface area contributed by atoms with Crippen LogP contribution in [0.25, 0.3) is 0 Å². The van der Waals surface area contributed by atoms with Gasteiger partial charge >= 0.3 is 0 Å². The van der Waals surface area contributed by atoms with Crippen LogP contribution in [0.15, 0.2) is 47.6 Å². The summed E-state index contributed by atoms with van der Waals surface area (Å²) in [5, 5.41) is 11.6. The van der Waals surface area contributed by atoms with Gasteiger partial charge in [0.05, 0.1) is 19.4 Å². The monoisotopic (exact) mass is 345 g/mol. The summed E-state index contributed by atoms with van der Waals surface area (Å²) in [5.41, 5.74) is 0.722. The van der Waals surface area contributed by atoms with Gasteiger partial charge in [-0.1, -0.05) is 17.3 Å². The standard InChI is InChI=1S/C19H23NO5/c1-3-22-16-7-5-6-8-17(16)24-11-12-25-18-10-9-15(14-20-21)13-19(18)23-4-2/h5-10,13-14,21H,3-4,11-12H2,1-2H3. The lowest BCUT2D eigenvalue weighted by Gasteiger charge is -2.14. The largest absolute Gasteiger partial charge is 0.490 e. The molecule has 6 heteroatoms. The molecule has 0 aromatic heterocycles. The summed E-state index contributed by atoms with van der Waals surface area (Å²) in [6.45, 7) is 5.64. The third kappa shape index (κ3) is 5.60. The number of hydrogen-bond donors (Lipinski definition) is 1. The van der Waals surface area contributed by atoms with Crippen molar-refractivity contribution in [2.24, 2.45) is 5.16 Å². The van der Waals surface area contributed by atoms with Crippen molar-refractivity contribution in [1.82, 2.24) is 0 Å². The fraction of sp³-hybridized carbons (Fsp3) is 0.316. The molecular formula is C19H23NO5. The highest BCUT2D eigenvalue weighted by Crippen LogP contribution is 2.29. The Hall–Kier alpha value is -2.89. The molecule has 6 nitrogen and oxygen atoms in total. The van der Waals surface area contributed by atoms with Gasteiger partial charge in [-0.05, 0) is 44.2 Å². The van der Waals surface area contributed by atoms with E-state index in [2.05, 4.69) is 5.16 Å². The third-order valence-corrected chi connectivity index (χ3v) is 3.22. The van der Waals surface area contributed by atoms with Crippen molar-refractivity contribution in [2.45, 2.75) is 13.8 Å². The van der Waals surface area contributed by atoms with Gasteiger partial charge in [-0.2, -0.15) is 0 Å². The van der Waals surface area contributed by atoms with Crippen molar-refractivity contribution in [3.63, 3.8) is 0 Å². The summed E-state index contributed by atoms with van der Waals surface area (Å²) in [7, 11) is 0. The van der Waals surface area contributed by atoms with Crippen molar-refractivity contribution in [2.75, 3.05) is 26.4 Å². The Bertz CT molecular complexity index is 687. The number of nitrogens with zero attached hydrogens (tertiary/aromatic N) is 1. The number of rotatable bonds is 10. The number of ether oxygens (including phenoxy) is 4. The molecule has 0 spiro atoms. The second-order valence-electron chi connectivity index (χ2n) is 4.96. The average molecular weight is 345 g/mol. The molecule has 0 aliphatic rings. The van der Waals surface area contributed by atoms with Crippen molar-refractivity contribution in [3.05, 3.63) is 48.0 Å². The van der Waals surface area contributed by atoms with Crippen LogP contribution in [0.3, 0.4) is 0 Å². The van der Waals surface area contributed by atoms with Gasteiger partial charge in [0.15, 0.2) is 23.0 Å². The van der Waals surface area contributed by atoms with Gasteiger partial charge in [0, 0.05) is 5.56 Å². The molecule has 2 rings (SSSR count). The Balaban J connectivity index is 1.93. The minimum Gasteiger partial charge on any atom is -0.490 e. The predicted molar refractivity (Wildman–Crippen MR) is 95.6 cm³/mol. The molecule has 0 heterocycles. The summed E-state index contributed by atoms with van der Waals surface area (Å²) in [6.07, 6.45) is 1.33. The first-order valence-electron chi connectivity index (χ1n) is 8.20. The first-order chi connectivity index (χ1) is 12.3. The zero-order valence-electron chi connectivity index (χ0n) is 14.5. The minimum absolute atomic E-state index is 0.355. The summed E-state index contributed by atoms with van der Waals surface area (Å²) in [4.78, 5) is 0. The van der Waals surface area contributed by atoms with Crippen LogP contribution in [-0.2, 0) is 0 Å². The lowest BCUT2D eigenvalue weighted by Crippen LogP contribution is -2.10. The van der Waals surface area contributed by atoms with Gasteiger partial charge in [-0.25, -0.2) is 0 Å². The molecule has 0 unspecified atom stereocenters. The Morgan fingerprint density at radius 1 is 0.800 bits per heavy atom. The van der Waals surface area contributed by atoms with Gasteiger partial charge < -0.3 is 24.2 Å². The second kappa shape index (κ2) is 10.1. The molecule has 0 saturated carbocycles. The van der Waals surface area contributed by atoms with Crippen molar-refractivity contribution >= 4 is 6.21 Å². The predicted octanol–water partition coefficient (Wildman–Crippen LogP) is 3.75. The Morgan fingerprint density at radius 3 is 1.96 bits per heavy atom. The maximum atomic E-state index is 8.62. The zero-order chi connectivity index (χ0) is 17.9. The van der Waals surface area contributed by atoms with Gasteiger partial charge in [-0.3, -0.25) is 0 Å². The van der Waals surface area contributed by atoms with E-state index in [1.807, 2.05) is 38.1 Å². The first-order valence-corrected chi connectivity index (χ1v) is 8.20. The van der Waals surface area contributed by atoms with Crippen LogP contribution in [0.2, 0.25) is 0 Å². The molecule has 25 heavy (non-hydrogen) atoms. The van der Waals surface area contributed by atoms with E-state index >= 15 is 0 Å². The van der Waals surface area contributed by atoms with Crippen LogP contribution in [0.5, 0.6) is 23.0 Å². The normalized spacial score (nSPS) is 10.6. The molecule has 0 amide bonds. The fourth-order valence-electron chi connectivity index (χ4n) is 2.21. The molecule has 0 aliphatic carbocycles. The van der Waals surface area contributed by atoms with Crippen LogP contribution < -0.4 is 18.9 Å². The molecule has 0 bridgehead atoms. The Kier molecular flexibility index (Phi) is 7.43. The third-order valence-electron chi connectivity index (χ3n) is 3.22. The summed E-state index contributed by atoms with van der Waals surface area (Å²) in [6, 6.07) is 12.8. The lowest BCUT2D eigenvalue weighted by molar-refractivity contribution is 0.201. The molecule has 0 fully saturated rings. The van der Waals surface area contributed by atoms with E-state index in [0.717, 1.165) is 5.56 Å². The molecule has 0 aliphatic heterocycles. The number of hydrogen-bond acceptors (Lipinski definition) is 6. The zero-order valence-corrected chi connectivity index (χ0v) is 14.5. The molecular weight excluding hydrogens is 322 g/mol. The van der Waals surface area contributed by atoms with Gasteiger partial charge in [0.25, 0.3) is 0 Å². The van der Waals surface area contributed by atoms with E-state index in [4.69, 9.17) is 24.2 Å². The van der Waals surface area contributed by atoms with E-state index in [9.17, 15) is 0 Å². The van der Waals surface area contributed by atoms with E-state index in [-0.39, 0.29) is 0 Å². The SMILES string of the molecule is CCOc1ccccc1OCCOc1ccc(C=NO)cc1OCC. The highest BCUT2D eigenvalue weighted by Gasteiger charge is 2.07. The van der Waals surface area contributed by atoms with Crippen molar-refractivity contribution in [3.8, 4) is 23.0 Å². The summed E-state index contributed by atoms with van der Waals surface area (Å²) < 4.78 is 22.6. The molecule has 2 aromatic carbocycles. The topological polar surface area (TPSA) is 69.5 Å². The fourth-order valence-corrected chi connectivity index (χ4v) is 2.21. The maximum Gasteiger partial charge on any atom is 0.161 e. The highest BCUT2D eigenvalue weighted by molar-refractivity contribution is 5.80. The molecule has 0 radical (unpaired) electrons.